The predicted octanol–water partition coefficient (Wildman–Crippen LogP) is 2.87. The van der Waals surface area contributed by atoms with Gasteiger partial charge in [-0.25, -0.2) is 9.37 Å². The molecule has 128 valence electrons. The molecular weight excluding hydrogens is 307 g/mol. The Morgan fingerprint density at radius 3 is 2.83 bits per heavy atom. The van der Waals surface area contributed by atoms with Crippen LogP contribution < -0.4 is 5.32 Å². The topological polar surface area (TPSA) is 49.6 Å². The van der Waals surface area contributed by atoms with Crippen LogP contribution >= 0.6 is 0 Å². The van der Waals surface area contributed by atoms with Crippen molar-refractivity contribution in [3.8, 4) is 0 Å². The molecule has 1 aliphatic heterocycles. The van der Waals surface area contributed by atoms with E-state index in [9.17, 15) is 9.18 Å². The fourth-order valence-electron chi connectivity index (χ4n) is 3.98. The Balaban J connectivity index is 1.69. The van der Waals surface area contributed by atoms with Crippen molar-refractivity contribution in [2.45, 2.75) is 51.2 Å². The van der Waals surface area contributed by atoms with Gasteiger partial charge in [-0.3, -0.25) is 10.1 Å². The van der Waals surface area contributed by atoms with E-state index in [1.807, 2.05) is 24.9 Å². The van der Waals surface area contributed by atoms with Gasteiger partial charge >= 0.3 is 0 Å². The maximum atomic E-state index is 14.0. The van der Waals surface area contributed by atoms with Crippen molar-refractivity contribution in [3.63, 3.8) is 0 Å². The zero-order valence-corrected chi connectivity index (χ0v) is 14.1. The average molecular weight is 330 g/mol. The number of rotatable bonds is 3. The number of halogens is 1. The third kappa shape index (κ3) is 2.49. The van der Waals surface area contributed by atoms with Crippen LogP contribution in [-0.4, -0.2) is 32.3 Å². The van der Waals surface area contributed by atoms with Crippen LogP contribution in [0.15, 0.2) is 24.5 Å². The van der Waals surface area contributed by atoms with E-state index in [1.54, 1.807) is 16.7 Å². The molecule has 2 aromatic rings. The van der Waals surface area contributed by atoms with Crippen LogP contribution in [0.25, 0.3) is 5.65 Å². The van der Waals surface area contributed by atoms with Gasteiger partial charge in [-0.05, 0) is 44.7 Å². The standard InChI is InChI=1S/C18H23FN4O/c1-18(2)17(24)23(10-12-6-3-4-7-12)16(21-18)14-11-22-9-5-8-13(19)15(22)20-14/h5,8-9,11-12,16,21H,3-4,6-7,10H2,1-2H3. The Bertz CT molecular complexity index is 778. The average Bonchev–Trinajstić information content (AvgIpc) is 3.23. The van der Waals surface area contributed by atoms with E-state index >= 15 is 0 Å². The molecule has 0 spiro atoms. The first-order chi connectivity index (χ1) is 11.5. The van der Waals surface area contributed by atoms with Gasteiger partial charge in [-0.1, -0.05) is 12.8 Å². The van der Waals surface area contributed by atoms with Gasteiger partial charge in [0.2, 0.25) is 5.91 Å². The molecule has 1 amide bonds. The third-order valence-electron chi connectivity index (χ3n) is 5.27. The Hall–Kier alpha value is -1.95. The zero-order chi connectivity index (χ0) is 16.9. The van der Waals surface area contributed by atoms with Crippen molar-refractivity contribution in [2.24, 2.45) is 5.92 Å². The van der Waals surface area contributed by atoms with Crippen LogP contribution in [0.1, 0.15) is 51.4 Å². The van der Waals surface area contributed by atoms with Crippen LogP contribution in [0.3, 0.4) is 0 Å². The maximum absolute atomic E-state index is 14.0. The SMILES string of the molecule is CC1(C)NC(c2cn3cccc(F)c3n2)N(CC2CCCC2)C1=O. The van der Waals surface area contributed by atoms with Crippen LogP contribution in [0.2, 0.25) is 0 Å². The van der Waals surface area contributed by atoms with E-state index in [4.69, 9.17) is 0 Å². The second kappa shape index (κ2) is 5.55. The smallest absolute Gasteiger partial charge is 0.243 e. The number of carbonyl (C=O) groups excluding carboxylic acids is 1. The summed E-state index contributed by atoms with van der Waals surface area (Å²) >= 11 is 0. The second-order valence-corrected chi connectivity index (χ2v) is 7.53. The first-order valence-corrected chi connectivity index (χ1v) is 8.67. The summed E-state index contributed by atoms with van der Waals surface area (Å²) in [5.74, 6) is 0.299. The lowest BCUT2D eigenvalue weighted by Gasteiger charge is -2.25. The summed E-state index contributed by atoms with van der Waals surface area (Å²) < 4.78 is 15.6. The van der Waals surface area contributed by atoms with Gasteiger partial charge in [-0.15, -0.1) is 0 Å². The molecule has 2 aliphatic rings. The predicted molar refractivity (Wildman–Crippen MR) is 88.8 cm³/mol. The summed E-state index contributed by atoms with van der Waals surface area (Å²) in [7, 11) is 0. The van der Waals surface area contributed by atoms with E-state index in [1.165, 1.54) is 31.7 Å². The molecule has 6 heteroatoms. The highest BCUT2D eigenvalue weighted by Crippen LogP contribution is 2.34. The lowest BCUT2D eigenvalue weighted by molar-refractivity contribution is -0.133. The summed E-state index contributed by atoms with van der Waals surface area (Å²) in [5.41, 5.74) is 0.363. The van der Waals surface area contributed by atoms with E-state index in [0.29, 0.717) is 17.3 Å². The van der Waals surface area contributed by atoms with Crippen LogP contribution in [0.4, 0.5) is 4.39 Å². The number of carbonyl (C=O) groups is 1. The number of hydrogen-bond donors (Lipinski definition) is 1. The fraction of sp³-hybridized carbons (Fsp3) is 0.556. The van der Waals surface area contributed by atoms with Crippen molar-refractivity contribution in [1.29, 1.82) is 0 Å². The summed E-state index contributed by atoms with van der Waals surface area (Å²) in [6.07, 6.45) is 8.13. The minimum atomic E-state index is -0.627. The molecule has 1 saturated carbocycles. The number of nitrogens with zero attached hydrogens (tertiary/aromatic N) is 3. The van der Waals surface area contributed by atoms with Crippen molar-refractivity contribution in [2.75, 3.05) is 6.54 Å². The van der Waals surface area contributed by atoms with Gasteiger partial charge < -0.3 is 9.30 Å². The molecule has 4 rings (SSSR count). The third-order valence-corrected chi connectivity index (χ3v) is 5.27. The largest absolute Gasteiger partial charge is 0.319 e. The van der Waals surface area contributed by atoms with E-state index in [2.05, 4.69) is 10.3 Å². The molecule has 2 aromatic heterocycles. The van der Waals surface area contributed by atoms with Gasteiger partial charge in [0, 0.05) is 18.9 Å². The van der Waals surface area contributed by atoms with Gasteiger partial charge in [0.05, 0.1) is 11.2 Å². The molecule has 2 fully saturated rings. The molecule has 24 heavy (non-hydrogen) atoms. The van der Waals surface area contributed by atoms with Gasteiger partial charge in [-0.2, -0.15) is 0 Å². The Morgan fingerprint density at radius 2 is 2.12 bits per heavy atom. The van der Waals surface area contributed by atoms with Gasteiger partial charge in [0.1, 0.15) is 6.17 Å². The quantitative estimate of drug-likeness (QED) is 0.941. The van der Waals surface area contributed by atoms with Gasteiger partial charge in [0.25, 0.3) is 0 Å². The summed E-state index contributed by atoms with van der Waals surface area (Å²) in [6.45, 7) is 4.54. The molecule has 0 bridgehead atoms. The van der Waals surface area contributed by atoms with Crippen LogP contribution in [-0.2, 0) is 4.79 Å². The molecule has 1 saturated heterocycles. The number of aromatic nitrogens is 2. The normalized spacial score (nSPS) is 24.4. The molecule has 1 unspecified atom stereocenters. The van der Waals surface area contributed by atoms with Crippen molar-refractivity contribution in [1.82, 2.24) is 19.6 Å². The fourth-order valence-corrected chi connectivity index (χ4v) is 3.98. The summed E-state index contributed by atoms with van der Waals surface area (Å²) in [4.78, 5) is 19.2. The molecule has 5 nitrogen and oxygen atoms in total. The molecule has 0 aromatic carbocycles. The number of fused-ring (bicyclic) bond motifs is 1. The lowest BCUT2D eigenvalue weighted by Crippen LogP contribution is -2.40. The summed E-state index contributed by atoms with van der Waals surface area (Å²) in [6, 6.07) is 3.06. The summed E-state index contributed by atoms with van der Waals surface area (Å²) in [5, 5.41) is 3.38. The molecule has 3 heterocycles. The number of nitrogens with one attached hydrogen (secondary N) is 1. The number of imidazole rings is 1. The first kappa shape index (κ1) is 15.6. The minimum Gasteiger partial charge on any atom is -0.319 e. The van der Waals surface area contributed by atoms with Crippen molar-refractivity contribution >= 4 is 11.6 Å². The number of pyridine rings is 1. The highest BCUT2D eigenvalue weighted by Gasteiger charge is 2.46. The van der Waals surface area contributed by atoms with Crippen molar-refractivity contribution < 1.29 is 9.18 Å². The number of hydrogen-bond acceptors (Lipinski definition) is 3. The molecule has 0 radical (unpaired) electrons. The monoisotopic (exact) mass is 330 g/mol. The highest BCUT2D eigenvalue weighted by molar-refractivity contribution is 5.88. The minimum absolute atomic E-state index is 0.0944. The first-order valence-electron chi connectivity index (χ1n) is 8.67. The molecule has 1 aliphatic carbocycles. The molecular formula is C18H23FN4O. The zero-order valence-electron chi connectivity index (χ0n) is 14.1. The Morgan fingerprint density at radius 1 is 1.38 bits per heavy atom. The molecule has 1 atom stereocenters. The Labute approximate surface area is 140 Å². The molecule has 1 N–H and O–H groups in total. The lowest BCUT2D eigenvalue weighted by atomic mass is 10.0. The van der Waals surface area contributed by atoms with E-state index in [0.717, 1.165) is 6.54 Å². The van der Waals surface area contributed by atoms with Crippen LogP contribution in [0, 0.1) is 11.7 Å². The van der Waals surface area contributed by atoms with E-state index in [-0.39, 0.29) is 17.9 Å². The highest BCUT2D eigenvalue weighted by atomic mass is 19.1. The maximum Gasteiger partial charge on any atom is 0.243 e. The van der Waals surface area contributed by atoms with Crippen molar-refractivity contribution in [3.05, 3.63) is 36.0 Å². The van der Waals surface area contributed by atoms with Gasteiger partial charge in [0.15, 0.2) is 11.5 Å². The van der Waals surface area contributed by atoms with E-state index < -0.39 is 5.54 Å². The van der Waals surface area contributed by atoms with Crippen LogP contribution in [0.5, 0.6) is 0 Å². The Kier molecular flexibility index (Phi) is 3.60. The second-order valence-electron chi connectivity index (χ2n) is 7.53. The number of amides is 1.